The van der Waals surface area contributed by atoms with Crippen LogP contribution in [0.5, 0.6) is 0 Å². The number of hydrogen-bond acceptors (Lipinski definition) is 4. The van der Waals surface area contributed by atoms with E-state index in [9.17, 15) is 4.39 Å². The third-order valence-corrected chi connectivity index (χ3v) is 3.47. The van der Waals surface area contributed by atoms with E-state index in [1.54, 1.807) is 19.1 Å². The van der Waals surface area contributed by atoms with Crippen LogP contribution in [0.1, 0.15) is 5.56 Å². The van der Waals surface area contributed by atoms with E-state index in [2.05, 4.69) is 20.4 Å². The Morgan fingerprint density at radius 3 is 2.90 bits per heavy atom. The van der Waals surface area contributed by atoms with Gasteiger partial charge in [0.25, 0.3) is 5.78 Å². The molecular weight excluding hydrogens is 304 g/mol. The molecule has 0 spiro atoms. The smallest absolute Gasteiger partial charge is 0.255 e. The SMILES string of the molecule is Cc1c(Cl)nc2ncnn2c1Nc1cccc(Cl)c1F. The molecule has 2 heterocycles. The lowest BCUT2D eigenvalue weighted by Crippen LogP contribution is -2.06. The van der Waals surface area contributed by atoms with Gasteiger partial charge in [0.15, 0.2) is 5.82 Å². The maximum Gasteiger partial charge on any atom is 0.255 e. The first-order valence-corrected chi connectivity index (χ1v) is 6.40. The Balaban J connectivity index is 2.17. The van der Waals surface area contributed by atoms with Gasteiger partial charge >= 0.3 is 0 Å². The number of aromatic nitrogens is 4. The van der Waals surface area contributed by atoms with E-state index in [-0.39, 0.29) is 15.9 Å². The third-order valence-electron chi connectivity index (χ3n) is 2.81. The zero-order valence-corrected chi connectivity index (χ0v) is 11.7. The second-order valence-corrected chi connectivity index (χ2v) is 4.84. The zero-order chi connectivity index (χ0) is 14.3. The fraction of sp³-hybridized carbons (Fsp3) is 0.0833. The van der Waals surface area contributed by atoms with Crippen molar-refractivity contribution in [1.82, 2.24) is 19.6 Å². The molecular formula is C12H8Cl2FN5. The molecule has 0 atom stereocenters. The van der Waals surface area contributed by atoms with Gasteiger partial charge in [-0.1, -0.05) is 29.3 Å². The van der Waals surface area contributed by atoms with Gasteiger partial charge in [0, 0.05) is 5.56 Å². The minimum atomic E-state index is -0.547. The van der Waals surface area contributed by atoms with Crippen LogP contribution in [-0.2, 0) is 0 Å². The number of nitrogens with zero attached hydrogens (tertiary/aromatic N) is 4. The summed E-state index contributed by atoms with van der Waals surface area (Å²) in [5.74, 6) is 0.263. The van der Waals surface area contributed by atoms with Gasteiger partial charge in [-0.05, 0) is 19.1 Å². The van der Waals surface area contributed by atoms with Crippen molar-refractivity contribution >= 4 is 40.5 Å². The summed E-state index contributed by atoms with van der Waals surface area (Å²) >= 11 is 11.8. The zero-order valence-electron chi connectivity index (χ0n) is 10.2. The lowest BCUT2D eigenvalue weighted by Gasteiger charge is -2.12. The highest BCUT2D eigenvalue weighted by molar-refractivity contribution is 6.31. The van der Waals surface area contributed by atoms with Crippen molar-refractivity contribution in [3.8, 4) is 0 Å². The van der Waals surface area contributed by atoms with Crippen LogP contribution in [0.25, 0.3) is 5.78 Å². The van der Waals surface area contributed by atoms with E-state index >= 15 is 0 Å². The average Bonchev–Trinajstić information content (AvgIpc) is 2.87. The average molecular weight is 312 g/mol. The predicted molar refractivity (Wildman–Crippen MR) is 75.2 cm³/mol. The van der Waals surface area contributed by atoms with Crippen molar-refractivity contribution < 1.29 is 4.39 Å². The van der Waals surface area contributed by atoms with Gasteiger partial charge in [0.2, 0.25) is 0 Å². The Labute approximate surface area is 123 Å². The number of fused-ring (bicyclic) bond motifs is 1. The molecule has 8 heteroatoms. The molecule has 0 aliphatic rings. The van der Waals surface area contributed by atoms with Gasteiger partial charge in [-0.25, -0.2) is 4.39 Å². The number of anilines is 2. The summed E-state index contributed by atoms with van der Waals surface area (Å²) < 4.78 is 15.4. The molecule has 0 aliphatic heterocycles. The molecule has 1 N–H and O–H groups in total. The Morgan fingerprint density at radius 2 is 2.10 bits per heavy atom. The van der Waals surface area contributed by atoms with Crippen molar-refractivity contribution in [2.75, 3.05) is 5.32 Å². The van der Waals surface area contributed by atoms with Crippen LogP contribution >= 0.6 is 23.2 Å². The van der Waals surface area contributed by atoms with E-state index in [1.807, 2.05) is 0 Å². The summed E-state index contributed by atoms with van der Waals surface area (Å²) in [6.07, 6.45) is 1.34. The summed E-state index contributed by atoms with van der Waals surface area (Å²) in [5.41, 5.74) is 0.851. The molecule has 0 bridgehead atoms. The highest BCUT2D eigenvalue weighted by Crippen LogP contribution is 2.29. The van der Waals surface area contributed by atoms with E-state index in [0.29, 0.717) is 17.2 Å². The molecule has 0 fully saturated rings. The number of rotatable bonds is 2. The molecule has 3 rings (SSSR count). The normalized spacial score (nSPS) is 11.0. The fourth-order valence-electron chi connectivity index (χ4n) is 1.77. The van der Waals surface area contributed by atoms with Crippen molar-refractivity contribution in [3.63, 3.8) is 0 Å². The summed E-state index contributed by atoms with van der Waals surface area (Å²) in [6, 6.07) is 4.68. The van der Waals surface area contributed by atoms with Crippen LogP contribution in [0.3, 0.4) is 0 Å². The van der Waals surface area contributed by atoms with Gasteiger partial charge < -0.3 is 5.32 Å². The molecule has 0 radical (unpaired) electrons. The third kappa shape index (κ3) is 2.07. The number of hydrogen-bond donors (Lipinski definition) is 1. The predicted octanol–water partition coefficient (Wildman–Crippen LogP) is 3.62. The molecule has 20 heavy (non-hydrogen) atoms. The summed E-state index contributed by atoms with van der Waals surface area (Å²) in [6.45, 7) is 1.75. The lowest BCUT2D eigenvalue weighted by atomic mass is 10.3. The summed E-state index contributed by atoms with van der Waals surface area (Å²) in [4.78, 5) is 8.03. The highest BCUT2D eigenvalue weighted by Gasteiger charge is 2.14. The first-order chi connectivity index (χ1) is 9.58. The molecule has 1 aromatic carbocycles. The highest BCUT2D eigenvalue weighted by atomic mass is 35.5. The van der Waals surface area contributed by atoms with Crippen LogP contribution in [-0.4, -0.2) is 19.6 Å². The standard InChI is InChI=1S/C12H8Cl2FN5/c1-6-10(14)19-12-16-5-17-20(12)11(6)18-8-4-2-3-7(13)9(8)15/h2-5,18H,1H3. The largest absolute Gasteiger partial charge is 0.337 e. The Bertz CT molecular complexity index is 802. The molecule has 3 aromatic rings. The van der Waals surface area contributed by atoms with Gasteiger partial charge in [0.05, 0.1) is 10.7 Å². The molecule has 0 aliphatic carbocycles. The summed E-state index contributed by atoms with van der Waals surface area (Å²) in [7, 11) is 0. The van der Waals surface area contributed by atoms with Crippen molar-refractivity contribution in [3.05, 3.63) is 46.1 Å². The topological polar surface area (TPSA) is 55.1 Å². The van der Waals surface area contributed by atoms with E-state index in [4.69, 9.17) is 23.2 Å². The van der Waals surface area contributed by atoms with E-state index in [1.165, 1.54) is 16.9 Å². The van der Waals surface area contributed by atoms with Crippen LogP contribution in [0.2, 0.25) is 10.2 Å². The monoisotopic (exact) mass is 311 g/mol. The molecule has 0 unspecified atom stereocenters. The van der Waals surface area contributed by atoms with Gasteiger partial charge in [-0.15, -0.1) is 0 Å². The van der Waals surface area contributed by atoms with Crippen LogP contribution in [0.4, 0.5) is 15.9 Å². The van der Waals surface area contributed by atoms with Crippen LogP contribution in [0.15, 0.2) is 24.5 Å². The van der Waals surface area contributed by atoms with Gasteiger partial charge in [-0.2, -0.15) is 19.6 Å². The van der Waals surface area contributed by atoms with Gasteiger partial charge in [-0.3, -0.25) is 0 Å². The van der Waals surface area contributed by atoms with Crippen molar-refractivity contribution in [1.29, 1.82) is 0 Å². The fourth-order valence-corrected chi connectivity index (χ4v) is 2.11. The lowest BCUT2D eigenvalue weighted by molar-refractivity contribution is 0.632. The molecule has 2 aromatic heterocycles. The molecule has 0 amide bonds. The quantitative estimate of drug-likeness (QED) is 0.734. The Hall–Kier alpha value is -1.92. The minimum Gasteiger partial charge on any atom is -0.337 e. The molecule has 102 valence electrons. The second-order valence-electron chi connectivity index (χ2n) is 4.07. The first-order valence-electron chi connectivity index (χ1n) is 5.65. The molecule has 0 saturated heterocycles. The Kier molecular flexibility index (Phi) is 3.19. The molecule has 5 nitrogen and oxygen atoms in total. The van der Waals surface area contributed by atoms with E-state index in [0.717, 1.165) is 0 Å². The minimum absolute atomic E-state index is 0.0302. The van der Waals surface area contributed by atoms with Crippen LogP contribution in [0, 0.1) is 12.7 Å². The maximum atomic E-state index is 14.0. The maximum absolute atomic E-state index is 14.0. The van der Waals surface area contributed by atoms with Gasteiger partial charge in [0.1, 0.15) is 17.3 Å². The van der Waals surface area contributed by atoms with Crippen molar-refractivity contribution in [2.45, 2.75) is 6.92 Å². The number of halogens is 3. The first kappa shape index (κ1) is 13.1. The van der Waals surface area contributed by atoms with E-state index < -0.39 is 5.82 Å². The van der Waals surface area contributed by atoms with Crippen LogP contribution < -0.4 is 5.32 Å². The number of nitrogens with one attached hydrogen (secondary N) is 1. The van der Waals surface area contributed by atoms with Crippen molar-refractivity contribution in [2.24, 2.45) is 0 Å². The number of benzene rings is 1. The molecule has 0 saturated carbocycles. The second kappa shape index (κ2) is 4.88. The Morgan fingerprint density at radius 1 is 1.30 bits per heavy atom. The summed E-state index contributed by atoms with van der Waals surface area (Å²) in [5, 5.41) is 7.27.